The Kier molecular flexibility index (Phi) is 4.65. The number of carbonyl (C=O) groups is 1. The van der Waals surface area contributed by atoms with Crippen LogP contribution < -0.4 is 16.6 Å². The Morgan fingerprint density at radius 3 is 2.70 bits per heavy atom. The van der Waals surface area contributed by atoms with Crippen molar-refractivity contribution in [2.45, 2.75) is 45.2 Å². The Morgan fingerprint density at radius 2 is 2.15 bits per heavy atom. The fraction of sp³-hybridized carbons (Fsp3) is 0.615. The van der Waals surface area contributed by atoms with Gasteiger partial charge in [-0.2, -0.15) is 5.10 Å². The van der Waals surface area contributed by atoms with Gasteiger partial charge in [0.1, 0.15) is 5.02 Å². The van der Waals surface area contributed by atoms with Gasteiger partial charge < -0.3 is 11.1 Å². The molecule has 0 atom stereocenters. The van der Waals surface area contributed by atoms with E-state index in [4.69, 9.17) is 17.3 Å². The van der Waals surface area contributed by atoms with E-state index < -0.39 is 0 Å². The molecular weight excluding hydrogens is 280 g/mol. The first-order valence-corrected chi connectivity index (χ1v) is 7.22. The van der Waals surface area contributed by atoms with E-state index in [-0.39, 0.29) is 28.4 Å². The van der Waals surface area contributed by atoms with Gasteiger partial charge in [0, 0.05) is 18.5 Å². The van der Waals surface area contributed by atoms with Crippen LogP contribution in [-0.4, -0.2) is 21.7 Å². The van der Waals surface area contributed by atoms with Gasteiger partial charge in [-0.15, -0.1) is 0 Å². The summed E-state index contributed by atoms with van der Waals surface area (Å²) in [7, 11) is 0. The molecule has 0 bridgehead atoms. The number of carbonyl (C=O) groups excluding carboxylic acids is 1. The van der Waals surface area contributed by atoms with Gasteiger partial charge in [-0.05, 0) is 32.6 Å². The predicted octanol–water partition coefficient (Wildman–Crippen LogP) is 1.37. The van der Waals surface area contributed by atoms with Crippen LogP contribution in [0.2, 0.25) is 5.02 Å². The van der Waals surface area contributed by atoms with Crippen LogP contribution in [0.4, 0.5) is 5.69 Å². The summed E-state index contributed by atoms with van der Waals surface area (Å²) in [4.78, 5) is 23.0. The van der Waals surface area contributed by atoms with E-state index in [0.717, 1.165) is 25.7 Å². The van der Waals surface area contributed by atoms with Gasteiger partial charge in [-0.1, -0.05) is 11.6 Å². The minimum absolute atomic E-state index is 0.0326. The summed E-state index contributed by atoms with van der Waals surface area (Å²) in [6, 6.07) is 0.196. The van der Waals surface area contributed by atoms with E-state index in [1.54, 1.807) is 6.20 Å². The first-order valence-electron chi connectivity index (χ1n) is 6.84. The highest BCUT2D eigenvalue weighted by Gasteiger charge is 2.25. The second-order valence-electron chi connectivity index (χ2n) is 5.09. The maximum absolute atomic E-state index is 11.9. The third kappa shape index (κ3) is 3.12. The van der Waals surface area contributed by atoms with Gasteiger partial charge in [0.2, 0.25) is 5.91 Å². The zero-order chi connectivity index (χ0) is 14.7. The number of halogens is 1. The first-order chi connectivity index (χ1) is 9.52. The Hall–Kier alpha value is -1.56. The molecule has 1 aliphatic carbocycles. The average molecular weight is 299 g/mol. The van der Waals surface area contributed by atoms with Crippen molar-refractivity contribution in [3.05, 3.63) is 21.6 Å². The first kappa shape index (κ1) is 14.8. The van der Waals surface area contributed by atoms with Gasteiger partial charge in [0.05, 0.1) is 11.9 Å². The fourth-order valence-corrected chi connectivity index (χ4v) is 2.73. The quantitative estimate of drug-likeness (QED) is 0.878. The number of hydrogen-bond acceptors (Lipinski definition) is 4. The molecule has 20 heavy (non-hydrogen) atoms. The Labute approximate surface area is 122 Å². The van der Waals surface area contributed by atoms with Crippen molar-refractivity contribution < 1.29 is 4.79 Å². The van der Waals surface area contributed by atoms with Crippen LogP contribution in [0.3, 0.4) is 0 Å². The summed E-state index contributed by atoms with van der Waals surface area (Å²) >= 11 is 6.07. The van der Waals surface area contributed by atoms with Crippen molar-refractivity contribution in [3.63, 3.8) is 0 Å². The van der Waals surface area contributed by atoms with E-state index in [2.05, 4.69) is 10.4 Å². The van der Waals surface area contributed by atoms with Crippen molar-refractivity contribution in [1.29, 1.82) is 0 Å². The maximum Gasteiger partial charge on any atom is 0.287 e. The molecule has 0 aliphatic heterocycles. The van der Waals surface area contributed by atoms with Crippen LogP contribution in [0.15, 0.2) is 11.0 Å². The molecular formula is C13H19ClN4O2. The highest BCUT2D eigenvalue weighted by atomic mass is 35.5. The normalized spacial score (nSPS) is 22.5. The summed E-state index contributed by atoms with van der Waals surface area (Å²) in [6.45, 7) is 2.32. The lowest BCUT2D eigenvalue weighted by Gasteiger charge is -2.28. The molecule has 0 saturated heterocycles. The third-order valence-electron chi connectivity index (χ3n) is 3.77. The van der Waals surface area contributed by atoms with E-state index >= 15 is 0 Å². The van der Waals surface area contributed by atoms with Crippen LogP contribution in [0.1, 0.15) is 32.6 Å². The van der Waals surface area contributed by atoms with Gasteiger partial charge >= 0.3 is 0 Å². The van der Waals surface area contributed by atoms with Gasteiger partial charge in [-0.25, -0.2) is 4.68 Å². The standard InChI is InChI=1S/C13H19ClN4O2/c1-2-18-13(20)11(14)10(7-16-18)17-9-5-3-8(4-6-9)12(15)19/h7-9,17H,2-6H2,1H3,(H2,15,19). The number of aryl methyl sites for hydroxylation is 1. The molecule has 1 aliphatic rings. The van der Waals surface area contributed by atoms with Crippen LogP contribution in [0.25, 0.3) is 0 Å². The molecule has 110 valence electrons. The molecule has 0 unspecified atom stereocenters. The molecule has 0 aromatic carbocycles. The minimum Gasteiger partial charge on any atom is -0.380 e. The van der Waals surface area contributed by atoms with Crippen molar-refractivity contribution in [1.82, 2.24) is 9.78 Å². The van der Waals surface area contributed by atoms with Gasteiger partial charge in [0.15, 0.2) is 0 Å². The summed E-state index contributed by atoms with van der Waals surface area (Å²) in [5.74, 6) is -0.261. The van der Waals surface area contributed by atoms with Crippen LogP contribution in [0.5, 0.6) is 0 Å². The monoisotopic (exact) mass is 298 g/mol. The number of primary amides is 1. The number of nitrogens with zero attached hydrogens (tertiary/aromatic N) is 2. The second-order valence-corrected chi connectivity index (χ2v) is 5.47. The van der Waals surface area contributed by atoms with Crippen LogP contribution in [-0.2, 0) is 11.3 Å². The SMILES string of the molecule is CCn1ncc(NC2CCC(C(N)=O)CC2)c(Cl)c1=O. The summed E-state index contributed by atoms with van der Waals surface area (Å²) < 4.78 is 1.32. The largest absolute Gasteiger partial charge is 0.380 e. The molecule has 1 heterocycles. The molecule has 1 aromatic rings. The summed E-state index contributed by atoms with van der Waals surface area (Å²) in [5, 5.41) is 7.46. The van der Waals surface area contributed by atoms with Gasteiger partial charge in [0.25, 0.3) is 5.56 Å². The lowest BCUT2D eigenvalue weighted by molar-refractivity contribution is -0.122. The van der Waals surface area contributed by atoms with Crippen molar-refractivity contribution >= 4 is 23.2 Å². The van der Waals surface area contributed by atoms with E-state index in [0.29, 0.717) is 12.2 Å². The summed E-state index contributed by atoms with van der Waals surface area (Å²) in [6.07, 6.45) is 4.78. The van der Waals surface area contributed by atoms with Crippen molar-refractivity contribution in [2.75, 3.05) is 5.32 Å². The Morgan fingerprint density at radius 1 is 1.50 bits per heavy atom. The molecule has 3 N–H and O–H groups in total. The molecule has 7 heteroatoms. The Bertz CT molecular complexity index is 550. The molecule has 2 rings (SSSR count). The number of rotatable bonds is 4. The number of amides is 1. The number of nitrogens with one attached hydrogen (secondary N) is 1. The second kappa shape index (κ2) is 6.26. The smallest absolute Gasteiger partial charge is 0.287 e. The fourth-order valence-electron chi connectivity index (χ4n) is 2.53. The lowest BCUT2D eigenvalue weighted by Crippen LogP contribution is -2.33. The molecule has 0 spiro atoms. The van der Waals surface area contributed by atoms with Crippen molar-refractivity contribution in [3.8, 4) is 0 Å². The van der Waals surface area contributed by atoms with Crippen LogP contribution >= 0.6 is 11.6 Å². The van der Waals surface area contributed by atoms with Gasteiger partial charge in [-0.3, -0.25) is 9.59 Å². The van der Waals surface area contributed by atoms with Crippen molar-refractivity contribution in [2.24, 2.45) is 11.7 Å². The number of hydrogen-bond donors (Lipinski definition) is 2. The lowest BCUT2D eigenvalue weighted by atomic mass is 9.85. The highest BCUT2D eigenvalue weighted by Crippen LogP contribution is 2.27. The average Bonchev–Trinajstić information content (AvgIpc) is 2.45. The molecule has 1 saturated carbocycles. The maximum atomic E-state index is 11.9. The molecule has 6 nitrogen and oxygen atoms in total. The van der Waals surface area contributed by atoms with E-state index in [1.807, 2.05) is 6.92 Å². The highest BCUT2D eigenvalue weighted by molar-refractivity contribution is 6.32. The number of nitrogens with two attached hydrogens (primary N) is 1. The molecule has 0 radical (unpaired) electrons. The van der Waals surface area contributed by atoms with E-state index in [1.165, 1.54) is 4.68 Å². The minimum atomic E-state index is -0.287. The number of anilines is 1. The zero-order valence-corrected chi connectivity index (χ0v) is 12.2. The van der Waals surface area contributed by atoms with E-state index in [9.17, 15) is 9.59 Å². The van der Waals surface area contributed by atoms with Crippen LogP contribution in [0, 0.1) is 5.92 Å². The molecule has 1 aromatic heterocycles. The topological polar surface area (TPSA) is 90.0 Å². The predicted molar refractivity (Wildman–Crippen MR) is 77.7 cm³/mol. The zero-order valence-electron chi connectivity index (χ0n) is 11.4. The molecule has 1 fully saturated rings. The number of aromatic nitrogens is 2. The third-order valence-corrected chi connectivity index (χ3v) is 4.14. The molecule has 1 amide bonds. The Balaban J connectivity index is 2.03. The summed E-state index contributed by atoms with van der Waals surface area (Å²) in [5.41, 5.74) is 5.58.